The Morgan fingerprint density at radius 1 is 0.923 bits per heavy atom. The van der Waals surface area contributed by atoms with Gasteiger partial charge in [-0.1, -0.05) is 55.3 Å². The van der Waals surface area contributed by atoms with Gasteiger partial charge < -0.3 is 21.1 Å². The molecule has 1 aliphatic rings. The third kappa shape index (κ3) is 4.24. The van der Waals surface area contributed by atoms with Crippen molar-refractivity contribution in [1.82, 2.24) is 4.90 Å². The molecule has 0 bridgehead atoms. The van der Waals surface area contributed by atoms with Gasteiger partial charge in [0.2, 0.25) is 0 Å². The first-order chi connectivity index (χ1) is 12.6. The number of β-amino-alcohol motifs (C(OH)–C–C–N with tert-alkyl or cyclic N) is 1. The maximum atomic E-state index is 10.5. The molecule has 0 radical (unpaired) electrons. The third-order valence-electron chi connectivity index (χ3n) is 5.49. The van der Waals surface area contributed by atoms with Crippen molar-refractivity contribution in [2.24, 2.45) is 5.73 Å². The molecule has 4 atom stereocenters. The summed E-state index contributed by atoms with van der Waals surface area (Å²) in [7, 11) is 0. The molecule has 3 rings (SSSR count). The van der Waals surface area contributed by atoms with Crippen LogP contribution in [0, 0.1) is 0 Å². The Kier molecular flexibility index (Phi) is 6.62. The normalized spacial score (nSPS) is 27.1. The monoisotopic (exact) mass is 358 g/mol. The zero-order valence-electron chi connectivity index (χ0n) is 15.2. The van der Waals surface area contributed by atoms with Crippen molar-refractivity contribution >= 4 is 10.8 Å². The first kappa shape index (κ1) is 19.3. The predicted octanol–water partition coefficient (Wildman–Crippen LogP) is 1.63. The molecule has 5 nitrogen and oxygen atoms in total. The van der Waals surface area contributed by atoms with Crippen molar-refractivity contribution in [1.29, 1.82) is 0 Å². The van der Waals surface area contributed by atoms with E-state index in [1.807, 2.05) is 18.2 Å². The van der Waals surface area contributed by atoms with E-state index in [2.05, 4.69) is 29.2 Å². The minimum atomic E-state index is -1.08. The Morgan fingerprint density at radius 3 is 2.50 bits per heavy atom. The molecule has 1 aliphatic heterocycles. The van der Waals surface area contributed by atoms with Crippen LogP contribution in [0.25, 0.3) is 10.8 Å². The fourth-order valence-corrected chi connectivity index (χ4v) is 4.01. The van der Waals surface area contributed by atoms with E-state index < -0.39 is 18.3 Å². The molecule has 0 unspecified atom stereocenters. The topological polar surface area (TPSA) is 90.0 Å². The largest absolute Gasteiger partial charge is 0.389 e. The standard InChI is InChI=1S/C21H30N2O3/c22-12-5-1-2-11-18-20(25)21(26)19(24)14-23(18)13-16-9-6-8-15-7-3-4-10-17(15)16/h3-4,6-10,18-21,24-26H,1-2,5,11-14,22H2/t18-,19+,20-,21-/m1/s1. The van der Waals surface area contributed by atoms with E-state index in [-0.39, 0.29) is 6.04 Å². The van der Waals surface area contributed by atoms with Gasteiger partial charge in [-0.25, -0.2) is 0 Å². The molecular weight excluding hydrogens is 328 g/mol. The highest BCUT2D eigenvalue weighted by Gasteiger charge is 2.40. The van der Waals surface area contributed by atoms with Crippen LogP contribution in [0.3, 0.4) is 0 Å². The Morgan fingerprint density at radius 2 is 1.69 bits per heavy atom. The molecule has 0 spiro atoms. The molecule has 0 aromatic heterocycles. The molecular formula is C21H30N2O3. The van der Waals surface area contributed by atoms with Crippen molar-refractivity contribution in [3.05, 3.63) is 48.0 Å². The second-order valence-electron chi connectivity index (χ2n) is 7.32. The SMILES string of the molecule is NCCCCC[C@@H]1[C@@H](O)[C@H](O)[C@@H](O)CN1Cc1cccc2ccccc12. The van der Waals surface area contributed by atoms with Gasteiger partial charge in [0.15, 0.2) is 0 Å². The number of hydrogen-bond donors (Lipinski definition) is 4. The van der Waals surface area contributed by atoms with E-state index in [0.29, 0.717) is 19.6 Å². The number of likely N-dealkylation sites (tertiary alicyclic amines) is 1. The zero-order chi connectivity index (χ0) is 18.5. The maximum absolute atomic E-state index is 10.5. The van der Waals surface area contributed by atoms with Gasteiger partial charge in [0.25, 0.3) is 0 Å². The molecule has 5 N–H and O–H groups in total. The van der Waals surface area contributed by atoms with Gasteiger partial charge in [-0.05, 0) is 35.7 Å². The van der Waals surface area contributed by atoms with E-state index in [4.69, 9.17) is 5.73 Å². The lowest BCUT2D eigenvalue weighted by atomic mass is 9.89. The van der Waals surface area contributed by atoms with Crippen LogP contribution in [-0.2, 0) is 6.54 Å². The minimum absolute atomic E-state index is 0.162. The number of hydrogen-bond acceptors (Lipinski definition) is 5. The number of nitrogens with two attached hydrogens (primary N) is 1. The smallest absolute Gasteiger partial charge is 0.108 e. The summed E-state index contributed by atoms with van der Waals surface area (Å²) in [5.41, 5.74) is 6.74. The van der Waals surface area contributed by atoms with Crippen LogP contribution in [0.15, 0.2) is 42.5 Å². The molecule has 26 heavy (non-hydrogen) atoms. The number of rotatable bonds is 7. The molecule has 1 saturated heterocycles. The number of aliphatic hydroxyl groups is 3. The number of nitrogens with zero attached hydrogens (tertiary/aromatic N) is 1. The molecule has 0 saturated carbocycles. The second kappa shape index (κ2) is 8.93. The summed E-state index contributed by atoms with van der Waals surface area (Å²) < 4.78 is 0. The molecule has 2 aromatic carbocycles. The fourth-order valence-electron chi connectivity index (χ4n) is 4.01. The van der Waals surface area contributed by atoms with Gasteiger partial charge in [0.05, 0.1) is 12.2 Å². The molecule has 0 aliphatic carbocycles. The number of benzene rings is 2. The highest BCUT2D eigenvalue weighted by Crippen LogP contribution is 2.27. The van der Waals surface area contributed by atoms with Gasteiger partial charge in [-0.2, -0.15) is 0 Å². The van der Waals surface area contributed by atoms with Crippen molar-refractivity contribution < 1.29 is 15.3 Å². The summed E-state index contributed by atoms with van der Waals surface area (Å²) in [4.78, 5) is 2.12. The van der Waals surface area contributed by atoms with E-state index in [0.717, 1.165) is 25.7 Å². The maximum Gasteiger partial charge on any atom is 0.108 e. The molecule has 2 aromatic rings. The van der Waals surface area contributed by atoms with Crippen LogP contribution < -0.4 is 5.73 Å². The Bertz CT molecular complexity index is 703. The second-order valence-corrected chi connectivity index (χ2v) is 7.32. The number of unbranched alkanes of at least 4 members (excludes halogenated alkanes) is 2. The van der Waals surface area contributed by atoms with Crippen molar-refractivity contribution in [2.75, 3.05) is 13.1 Å². The van der Waals surface area contributed by atoms with E-state index in [1.54, 1.807) is 0 Å². The minimum Gasteiger partial charge on any atom is -0.389 e. The van der Waals surface area contributed by atoms with Crippen LogP contribution in [-0.4, -0.2) is 57.7 Å². The van der Waals surface area contributed by atoms with Crippen LogP contribution in [0.5, 0.6) is 0 Å². The first-order valence-electron chi connectivity index (χ1n) is 9.56. The van der Waals surface area contributed by atoms with E-state index in [1.165, 1.54) is 16.3 Å². The summed E-state index contributed by atoms with van der Waals surface area (Å²) in [5.74, 6) is 0. The quantitative estimate of drug-likeness (QED) is 0.565. The van der Waals surface area contributed by atoms with Gasteiger partial charge in [0, 0.05) is 19.1 Å². The van der Waals surface area contributed by atoms with Crippen LogP contribution >= 0.6 is 0 Å². The average Bonchev–Trinajstić information content (AvgIpc) is 2.66. The van der Waals surface area contributed by atoms with Gasteiger partial charge >= 0.3 is 0 Å². The van der Waals surface area contributed by atoms with Gasteiger partial charge in [-0.3, -0.25) is 4.90 Å². The number of aliphatic hydroxyl groups excluding tert-OH is 3. The molecule has 142 valence electrons. The lowest BCUT2D eigenvalue weighted by Crippen LogP contribution is -2.60. The predicted molar refractivity (Wildman–Crippen MR) is 104 cm³/mol. The summed E-state index contributed by atoms with van der Waals surface area (Å²) in [5, 5.41) is 33.2. The Labute approximate surface area is 155 Å². The average molecular weight is 358 g/mol. The first-order valence-corrected chi connectivity index (χ1v) is 9.56. The van der Waals surface area contributed by atoms with Gasteiger partial charge in [-0.15, -0.1) is 0 Å². The Balaban J connectivity index is 1.79. The van der Waals surface area contributed by atoms with Crippen molar-refractivity contribution in [3.8, 4) is 0 Å². The summed E-state index contributed by atoms with van der Waals surface area (Å²) in [6.45, 7) is 1.68. The van der Waals surface area contributed by atoms with Crippen molar-refractivity contribution in [3.63, 3.8) is 0 Å². The van der Waals surface area contributed by atoms with Crippen molar-refractivity contribution in [2.45, 2.75) is 56.6 Å². The van der Waals surface area contributed by atoms with Crippen LogP contribution in [0.4, 0.5) is 0 Å². The summed E-state index contributed by atoms with van der Waals surface area (Å²) in [6, 6.07) is 14.3. The summed E-state index contributed by atoms with van der Waals surface area (Å²) in [6.07, 6.45) is 0.770. The Hall–Kier alpha value is -1.50. The summed E-state index contributed by atoms with van der Waals surface area (Å²) >= 11 is 0. The molecule has 0 amide bonds. The van der Waals surface area contributed by atoms with E-state index in [9.17, 15) is 15.3 Å². The lowest BCUT2D eigenvalue weighted by molar-refractivity contribution is -0.140. The highest BCUT2D eigenvalue weighted by atomic mass is 16.4. The lowest BCUT2D eigenvalue weighted by Gasteiger charge is -2.44. The highest BCUT2D eigenvalue weighted by molar-refractivity contribution is 5.85. The number of piperidine rings is 1. The molecule has 1 fully saturated rings. The zero-order valence-corrected chi connectivity index (χ0v) is 15.2. The number of fused-ring (bicyclic) bond motifs is 1. The van der Waals surface area contributed by atoms with Gasteiger partial charge in [0.1, 0.15) is 6.10 Å². The third-order valence-corrected chi connectivity index (χ3v) is 5.49. The fraction of sp³-hybridized carbons (Fsp3) is 0.524. The molecule has 1 heterocycles. The molecule has 5 heteroatoms. The van der Waals surface area contributed by atoms with Crippen LogP contribution in [0.2, 0.25) is 0 Å². The van der Waals surface area contributed by atoms with Crippen LogP contribution in [0.1, 0.15) is 31.2 Å². The van der Waals surface area contributed by atoms with E-state index >= 15 is 0 Å².